The second-order valence-corrected chi connectivity index (χ2v) is 10.8. The van der Waals surface area contributed by atoms with Gasteiger partial charge in [-0.05, 0) is 50.4 Å². The van der Waals surface area contributed by atoms with Gasteiger partial charge in [-0.1, -0.05) is 23.2 Å². The van der Waals surface area contributed by atoms with Gasteiger partial charge in [-0.15, -0.1) is 0 Å². The van der Waals surface area contributed by atoms with E-state index in [1.165, 1.54) is 31.9 Å². The van der Waals surface area contributed by atoms with E-state index < -0.39 is 80.5 Å². The number of alkyl halides is 17. The summed E-state index contributed by atoms with van der Waals surface area (Å²) in [4.78, 5) is 0. The Hall–Kier alpha value is -0.0200. The number of hydrogen-bond acceptors (Lipinski definition) is 0. The number of allylic oxidation sites excluding steroid dienone is 1. The van der Waals surface area contributed by atoms with E-state index in [4.69, 9.17) is 0 Å². The van der Waals surface area contributed by atoms with Crippen LogP contribution in [0.5, 0.6) is 0 Å². The minimum absolute atomic E-state index is 0.730. The first-order chi connectivity index (χ1) is 16.0. The minimum atomic E-state index is -6.64. The number of halogens is 24. The van der Waals surface area contributed by atoms with Crippen LogP contribution in [0.4, 0.5) is 83.4 Å². The Morgan fingerprint density at radius 3 is 0.947 bits per heavy atom. The fraction of sp³-hybridized carbons (Fsp3) is 0.714. The van der Waals surface area contributed by atoms with Gasteiger partial charge in [-0.25, -0.2) is 13.2 Å². The van der Waals surface area contributed by atoms with Gasteiger partial charge in [0.15, 0.2) is 0 Å². The quantitative estimate of drug-likeness (QED) is 0.178. The van der Waals surface area contributed by atoms with E-state index in [-0.39, 0.29) is 0 Å². The van der Waals surface area contributed by atoms with Crippen molar-refractivity contribution in [3.05, 3.63) is 23.3 Å². The molecule has 38 heavy (non-hydrogen) atoms. The van der Waals surface area contributed by atoms with E-state index in [0.29, 0.717) is 0 Å². The molecule has 0 N–H and O–H groups in total. The van der Waals surface area contributed by atoms with Crippen LogP contribution in [0.1, 0.15) is 13.8 Å². The molecule has 0 spiro atoms. The largest absolute Gasteiger partial charge is 0.375 e. The van der Waals surface area contributed by atoms with Crippen LogP contribution in [0, 0.1) is 0 Å². The van der Waals surface area contributed by atoms with E-state index in [1.807, 2.05) is 0 Å². The van der Waals surface area contributed by atoms with Crippen molar-refractivity contribution in [2.24, 2.45) is 0 Å². The highest BCUT2D eigenvalue weighted by molar-refractivity contribution is 9.10. The van der Waals surface area contributed by atoms with Gasteiger partial charge in [0.05, 0.1) is 0 Å². The van der Waals surface area contributed by atoms with Crippen molar-refractivity contribution in [1.82, 2.24) is 0 Å². The Balaban J connectivity index is -0.000000572. The molecule has 3 unspecified atom stereocenters. The molecular formula is C14H6Br2Cl3F19. The molecule has 230 valence electrons. The fourth-order valence-corrected chi connectivity index (χ4v) is 2.08. The van der Waals surface area contributed by atoms with Gasteiger partial charge in [0.2, 0.25) is 11.5 Å². The summed E-state index contributed by atoms with van der Waals surface area (Å²) in [7, 11) is 0. The van der Waals surface area contributed by atoms with Crippen molar-refractivity contribution in [3.63, 3.8) is 0 Å². The summed E-state index contributed by atoms with van der Waals surface area (Å²) in [5, 5.41) is -1.94. The standard InChI is InChI=1S/C8H6BrClF10.C4BrClF6.C2ClF3/c1-3(11,6(16,17)8(9,10)20)5(14,15)7(18,19)4(2,12)13;5-4(6,12)3(10,11)1(7)2(8)9;3-1(4)2(5)6/h1-2H3;;. The highest BCUT2D eigenvalue weighted by atomic mass is 79.9. The van der Waals surface area contributed by atoms with Gasteiger partial charge in [0, 0.05) is 6.92 Å². The molecule has 0 heterocycles. The zero-order valence-electron chi connectivity index (χ0n) is 17.1. The first kappa shape index (κ1) is 42.4. The second-order valence-electron chi connectivity index (χ2n) is 6.28. The lowest BCUT2D eigenvalue weighted by atomic mass is 9.86. The summed E-state index contributed by atoms with van der Waals surface area (Å²) >= 11 is 15.4. The third-order valence-corrected chi connectivity index (χ3v) is 5.03. The van der Waals surface area contributed by atoms with Crippen molar-refractivity contribution >= 4 is 66.7 Å². The summed E-state index contributed by atoms with van der Waals surface area (Å²) in [5.41, 5.74) is -5.73. The Morgan fingerprint density at radius 2 is 0.816 bits per heavy atom. The zero-order chi connectivity index (χ0) is 32.3. The van der Waals surface area contributed by atoms with Crippen molar-refractivity contribution < 1.29 is 83.4 Å². The molecule has 0 saturated carbocycles. The minimum Gasteiger partial charge on any atom is -0.230 e. The lowest BCUT2D eigenvalue weighted by molar-refractivity contribution is -0.367. The van der Waals surface area contributed by atoms with Crippen LogP contribution in [-0.2, 0) is 0 Å². The normalized spacial score (nSPS) is 17.8. The maximum atomic E-state index is 13.5. The van der Waals surface area contributed by atoms with Crippen molar-refractivity contribution in [2.75, 3.05) is 0 Å². The van der Waals surface area contributed by atoms with Crippen LogP contribution in [0.2, 0.25) is 0 Å². The number of rotatable bonds is 7. The van der Waals surface area contributed by atoms with E-state index in [9.17, 15) is 83.4 Å². The average Bonchev–Trinajstić information content (AvgIpc) is 2.64. The molecule has 0 rings (SSSR count). The first-order valence-corrected chi connectivity index (χ1v) is 10.5. The van der Waals surface area contributed by atoms with E-state index >= 15 is 0 Å². The SMILES string of the molecule is CC(F)(F)C(F)(F)C(F)(F)C(C)(F)C(F)(F)C(F)(Cl)Br.FC(F)=C(F)C(F)(F)C(F)(Cl)Br.FC(F)=C(F)Cl. The predicted octanol–water partition coefficient (Wildman–Crippen LogP) is 11.7. The van der Waals surface area contributed by atoms with Gasteiger partial charge in [0.25, 0.3) is 5.29 Å². The van der Waals surface area contributed by atoms with Crippen molar-refractivity contribution in [2.45, 2.75) is 57.2 Å². The summed E-state index contributed by atoms with van der Waals surface area (Å²) in [6.07, 6.45) is -5.79. The van der Waals surface area contributed by atoms with Gasteiger partial charge in [-0.2, -0.15) is 70.2 Å². The Bertz CT molecular complexity index is 794. The molecular weight excluding hydrogens is 795 g/mol. The van der Waals surface area contributed by atoms with Crippen LogP contribution in [0.25, 0.3) is 0 Å². The summed E-state index contributed by atoms with van der Waals surface area (Å²) in [6.45, 7) is -1.59. The van der Waals surface area contributed by atoms with Crippen LogP contribution >= 0.6 is 66.7 Å². The molecule has 0 aliphatic heterocycles. The Morgan fingerprint density at radius 1 is 0.526 bits per heavy atom. The monoisotopic (exact) mass is 798 g/mol. The first-order valence-electron chi connectivity index (χ1n) is 7.79. The molecule has 0 aromatic carbocycles. The van der Waals surface area contributed by atoms with Crippen molar-refractivity contribution in [1.29, 1.82) is 0 Å². The average molecular weight is 801 g/mol. The molecule has 0 aromatic rings. The summed E-state index contributed by atoms with van der Waals surface area (Å²) in [5.74, 6) is -33.0. The van der Waals surface area contributed by atoms with Crippen LogP contribution in [0.3, 0.4) is 0 Å². The van der Waals surface area contributed by atoms with Crippen LogP contribution in [0.15, 0.2) is 23.3 Å². The molecule has 0 aliphatic carbocycles. The van der Waals surface area contributed by atoms with Crippen LogP contribution in [-0.4, -0.2) is 43.4 Å². The summed E-state index contributed by atoms with van der Waals surface area (Å²) < 4.78 is 223. The second kappa shape index (κ2) is 13.3. The Kier molecular flexibility index (Phi) is 14.9. The predicted molar refractivity (Wildman–Crippen MR) is 104 cm³/mol. The summed E-state index contributed by atoms with van der Waals surface area (Å²) in [6, 6.07) is 0. The molecule has 0 amide bonds. The molecule has 0 nitrogen and oxygen atoms in total. The number of hydrogen-bond donors (Lipinski definition) is 0. The molecule has 24 heteroatoms. The third kappa shape index (κ3) is 9.53. The maximum absolute atomic E-state index is 13.5. The van der Waals surface area contributed by atoms with E-state index in [2.05, 4.69) is 34.8 Å². The molecule has 3 atom stereocenters. The van der Waals surface area contributed by atoms with Gasteiger partial charge < -0.3 is 0 Å². The van der Waals surface area contributed by atoms with E-state index in [0.717, 1.165) is 0 Å². The molecule has 0 saturated heterocycles. The smallest absolute Gasteiger partial charge is 0.230 e. The molecule has 0 aromatic heterocycles. The highest BCUT2D eigenvalue weighted by Gasteiger charge is 2.85. The maximum Gasteiger partial charge on any atom is 0.375 e. The van der Waals surface area contributed by atoms with Crippen LogP contribution < -0.4 is 0 Å². The molecule has 0 radical (unpaired) electrons. The molecule has 0 aliphatic rings. The lowest BCUT2D eigenvalue weighted by Gasteiger charge is -2.42. The lowest BCUT2D eigenvalue weighted by Crippen LogP contribution is -2.69. The fourth-order valence-electron chi connectivity index (χ4n) is 1.28. The van der Waals surface area contributed by atoms with Gasteiger partial charge in [-0.3, -0.25) is 0 Å². The Labute approximate surface area is 230 Å². The van der Waals surface area contributed by atoms with Crippen molar-refractivity contribution in [3.8, 4) is 0 Å². The van der Waals surface area contributed by atoms with Gasteiger partial charge in [0.1, 0.15) is 0 Å². The zero-order valence-corrected chi connectivity index (χ0v) is 22.5. The third-order valence-electron chi connectivity index (χ3n) is 3.42. The van der Waals surface area contributed by atoms with Gasteiger partial charge >= 0.3 is 49.8 Å². The molecule has 0 fully saturated rings. The highest BCUT2D eigenvalue weighted by Crippen LogP contribution is 2.60. The van der Waals surface area contributed by atoms with E-state index in [1.54, 1.807) is 0 Å². The molecule has 0 bridgehead atoms. The topological polar surface area (TPSA) is 0 Å².